The number of carbonyl (C=O) groups is 2. The number of sulfonamides is 1. The highest BCUT2D eigenvalue weighted by Crippen LogP contribution is 2.36. The second-order valence-electron chi connectivity index (χ2n) is 11.8. The molecule has 44 heavy (non-hydrogen) atoms. The molecule has 10 nitrogen and oxygen atoms in total. The van der Waals surface area contributed by atoms with Crippen LogP contribution in [0.2, 0.25) is 0 Å². The predicted molar refractivity (Wildman–Crippen MR) is 169 cm³/mol. The molecule has 2 amide bonds. The van der Waals surface area contributed by atoms with Crippen molar-refractivity contribution in [3.8, 4) is 17.2 Å². The summed E-state index contributed by atoms with van der Waals surface area (Å²) in [5, 5.41) is 3.05. The molecular formula is C33H41N3O7S. The van der Waals surface area contributed by atoms with Crippen molar-refractivity contribution in [3.05, 3.63) is 83.9 Å². The smallest absolute Gasteiger partial charge is 0.243 e. The summed E-state index contributed by atoms with van der Waals surface area (Å²) < 4.78 is 43.0. The van der Waals surface area contributed by atoms with Crippen LogP contribution in [0.4, 0.5) is 5.69 Å². The van der Waals surface area contributed by atoms with Crippen LogP contribution in [0.25, 0.3) is 0 Å². The van der Waals surface area contributed by atoms with Crippen molar-refractivity contribution in [1.82, 2.24) is 10.2 Å². The molecule has 1 atom stereocenters. The number of amides is 2. The Kier molecular flexibility index (Phi) is 10.4. The van der Waals surface area contributed by atoms with E-state index in [1.54, 1.807) is 30.2 Å². The Labute approximate surface area is 260 Å². The van der Waals surface area contributed by atoms with E-state index in [1.165, 1.54) is 4.31 Å². The molecule has 4 rings (SSSR count). The third-order valence-corrected chi connectivity index (χ3v) is 8.25. The van der Waals surface area contributed by atoms with Crippen molar-refractivity contribution in [3.63, 3.8) is 0 Å². The minimum absolute atomic E-state index is 0.0224. The Morgan fingerprint density at radius 2 is 1.66 bits per heavy atom. The summed E-state index contributed by atoms with van der Waals surface area (Å²) in [4.78, 5) is 29.4. The lowest BCUT2D eigenvalue weighted by molar-refractivity contribution is -0.142. The zero-order valence-corrected chi connectivity index (χ0v) is 26.7. The van der Waals surface area contributed by atoms with E-state index in [0.29, 0.717) is 29.4 Å². The maximum absolute atomic E-state index is 14.0. The second kappa shape index (κ2) is 14.0. The number of methoxy groups -OCH3 is 1. The second-order valence-corrected chi connectivity index (χ2v) is 13.7. The molecule has 0 saturated carbocycles. The molecule has 0 saturated heterocycles. The van der Waals surface area contributed by atoms with Gasteiger partial charge in [-0.1, -0.05) is 42.5 Å². The molecule has 3 aromatic carbocycles. The monoisotopic (exact) mass is 623 g/mol. The average Bonchev–Trinajstić information content (AvgIpc) is 3.44. The van der Waals surface area contributed by atoms with Gasteiger partial charge in [-0.3, -0.25) is 13.9 Å². The van der Waals surface area contributed by atoms with E-state index in [0.717, 1.165) is 17.4 Å². The Morgan fingerprint density at radius 1 is 0.955 bits per heavy atom. The van der Waals surface area contributed by atoms with Crippen LogP contribution in [0.15, 0.2) is 72.8 Å². The summed E-state index contributed by atoms with van der Waals surface area (Å²) in [6.07, 6.45) is 1.69. The molecular weight excluding hydrogens is 582 g/mol. The molecule has 0 aromatic heterocycles. The van der Waals surface area contributed by atoms with Crippen LogP contribution in [0.1, 0.15) is 44.7 Å². The van der Waals surface area contributed by atoms with E-state index in [2.05, 4.69) is 5.32 Å². The number of nitrogens with zero attached hydrogens (tertiary/aromatic N) is 2. The van der Waals surface area contributed by atoms with E-state index >= 15 is 0 Å². The van der Waals surface area contributed by atoms with Gasteiger partial charge < -0.3 is 24.4 Å². The molecule has 0 radical (unpaired) electrons. The minimum atomic E-state index is -3.67. The summed E-state index contributed by atoms with van der Waals surface area (Å²) in [6, 6.07) is 21.1. The molecule has 1 aliphatic heterocycles. The number of hydrogen-bond donors (Lipinski definition) is 1. The van der Waals surface area contributed by atoms with E-state index in [4.69, 9.17) is 14.2 Å². The SMILES string of the molecule is COc1cccc(CN(C(=O)CCCN(c2ccc3c(c2)OCO3)S(C)(=O)=O)[C@H](Cc2ccccc2)C(=O)NC(C)(C)C)c1. The number of anilines is 1. The molecule has 0 aliphatic carbocycles. The maximum Gasteiger partial charge on any atom is 0.243 e. The molecule has 1 aliphatic rings. The van der Waals surface area contributed by atoms with Gasteiger partial charge in [-0.25, -0.2) is 8.42 Å². The first-order chi connectivity index (χ1) is 20.8. The summed E-state index contributed by atoms with van der Waals surface area (Å²) in [6.45, 7) is 6.00. The number of nitrogens with one attached hydrogen (secondary N) is 1. The van der Waals surface area contributed by atoms with Gasteiger partial charge in [-0.05, 0) is 62.6 Å². The molecule has 11 heteroatoms. The van der Waals surface area contributed by atoms with Gasteiger partial charge in [0.1, 0.15) is 11.8 Å². The number of ether oxygens (including phenoxy) is 3. The molecule has 0 unspecified atom stereocenters. The van der Waals surface area contributed by atoms with Crippen LogP contribution < -0.4 is 23.8 Å². The minimum Gasteiger partial charge on any atom is -0.497 e. The summed E-state index contributed by atoms with van der Waals surface area (Å²) >= 11 is 0. The van der Waals surface area contributed by atoms with Gasteiger partial charge in [0, 0.05) is 37.5 Å². The molecule has 0 spiro atoms. The first kappa shape index (κ1) is 32.7. The van der Waals surface area contributed by atoms with Gasteiger partial charge in [0.25, 0.3) is 0 Å². The highest BCUT2D eigenvalue weighted by atomic mass is 32.2. The number of fused-ring (bicyclic) bond motifs is 1. The van der Waals surface area contributed by atoms with Gasteiger partial charge in [0.15, 0.2) is 11.5 Å². The van der Waals surface area contributed by atoms with Crippen molar-refractivity contribution in [2.45, 2.75) is 58.2 Å². The number of hydrogen-bond acceptors (Lipinski definition) is 7. The zero-order valence-electron chi connectivity index (χ0n) is 25.9. The van der Waals surface area contributed by atoms with Gasteiger partial charge >= 0.3 is 0 Å². The Morgan fingerprint density at radius 3 is 2.34 bits per heavy atom. The fraction of sp³-hybridized carbons (Fsp3) is 0.394. The fourth-order valence-electron chi connectivity index (χ4n) is 5.02. The maximum atomic E-state index is 14.0. The Hall–Kier alpha value is -4.25. The van der Waals surface area contributed by atoms with Crippen molar-refractivity contribution in [1.29, 1.82) is 0 Å². The van der Waals surface area contributed by atoms with Gasteiger partial charge in [0.2, 0.25) is 28.6 Å². The van der Waals surface area contributed by atoms with Gasteiger partial charge in [-0.2, -0.15) is 0 Å². The van der Waals surface area contributed by atoms with Crippen LogP contribution in [0.3, 0.4) is 0 Å². The average molecular weight is 624 g/mol. The van der Waals surface area contributed by atoms with Crippen molar-refractivity contribution < 1.29 is 32.2 Å². The van der Waals surface area contributed by atoms with E-state index in [9.17, 15) is 18.0 Å². The molecule has 1 heterocycles. The van der Waals surface area contributed by atoms with Gasteiger partial charge in [0.05, 0.1) is 19.1 Å². The Bertz CT molecular complexity index is 1560. The number of carbonyl (C=O) groups excluding carboxylic acids is 2. The number of benzene rings is 3. The lowest BCUT2D eigenvalue weighted by Crippen LogP contribution is -2.54. The van der Waals surface area contributed by atoms with Crippen LogP contribution >= 0.6 is 0 Å². The first-order valence-corrected chi connectivity index (χ1v) is 16.3. The molecule has 1 N–H and O–H groups in total. The highest BCUT2D eigenvalue weighted by Gasteiger charge is 2.32. The van der Waals surface area contributed by atoms with Gasteiger partial charge in [-0.15, -0.1) is 0 Å². The molecule has 3 aromatic rings. The van der Waals surface area contributed by atoms with Crippen molar-refractivity contribution >= 4 is 27.5 Å². The summed E-state index contributed by atoms with van der Waals surface area (Å²) in [5.41, 5.74) is 1.62. The Balaban J connectivity index is 1.60. The lowest BCUT2D eigenvalue weighted by Gasteiger charge is -2.34. The molecule has 236 valence electrons. The third kappa shape index (κ3) is 8.89. The predicted octanol–water partition coefficient (Wildman–Crippen LogP) is 4.52. The largest absolute Gasteiger partial charge is 0.497 e. The van der Waals surface area contributed by atoms with Crippen LogP contribution in [0.5, 0.6) is 17.2 Å². The molecule has 0 fully saturated rings. The highest BCUT2D eigenvalue weighted by molar-refractivity contribution is 7.92. The van der Waals surface area contributed by atoms with E-state index in [1.807, 2.05) is 75.4 Å². The zero-order chi connectivity index (χ0) is 31.9. The number of rotatable bonds is 13. The summed E-state index contributed by atoms with van der Waals surface area (Å²) in [7, 11) is -2.09. The molecule has 0 bridgehead atoms. The van der Waals surface area contributed by atoms with Crippen LogP contribution in [0, 0.1) is 0 Å². The first-order valence-electron chi connectivity index (χ1n) is 14.5. The topological polar surface area (TPSA) is 114 Å². The normalized spacial score (nSPS) is 13.2. The van der Waals surface area contributed by atoms with Crippen LogP contribution in [-0.2, 0) is 32.6 Å². The standard InChI is InChI=1S/C33H41N3O7S/c1-33(2,3)34-32(38)28(20-24-11-7-6-8-12-24)35(22-25-13-9-14-27(19-25)41-4)31(37)15-10-18-36(44(5,39)40)26-16-17-29-30(21-26)43-23-42-29/h6-9,11-14,16-17,19,21,28H,10,15,18,20,22-23H2,1-5H3,(H,34,38)/t28-/m1/s1. The van der Waals surface area contributed by atoms with Crippen molar-refractivity contribution in [2.24, 2.45) is 0 Å². The lowest BCUT2D eigenvalue weighted by atomic mass is 10.00. The van der Waals surface area contributed by atoms with E-state index < -0.39 is 21.6 Å². The third-order valence-electron chi connectivity index (χ3n) is 7.05. The van der Waals surface area contributed by atoms with Crippen molar-refractivity contribution in [2.75, 3.05) is 31.0 Å². The summed E-state index contributed by atoms with van der Waals surface area (Å²) in [5.74, 6) is 1.11. The van der Waals surface area contributed by atoms with E-state index in [-0.39, 0.29) is 44.5 Å². The van der Waals surface area contributed by atoms with Crippen LogP contribution in [-0.4, -0.2) is 63.4 Å². The fourth-order valence-corrected chi connectivity index (χ4v) is 5.98. The quantitative estimate of drug-likeness (QED) is 0.298.